The van der Waals surface area contributed by atoms with Crippen LogP contribution in [0.3, 0.4) is 0 Å². The number of hydrogen-bond acceptors (Lipinski definition) is 6. The van der Waals surface area contributed by atoms with Crippen LogP contribution in [-0.2, 0) is 0 Å². The number of amides is 1. The van der Waals surface area contributed by atoms with Crippen LogP contribution in [0.2, 0.25) is 0 Å². The zero-order chi connectivity index (χ0) is 17.1. The van der Waals surface area contributed by atoms with Crippen LogP contribution in [-0.4, -0.2) is 21.0 Å². The molecule has 0 saturated heterocycles. The van der Waals surface area contributed by atoms with Crippen LogP contribution in [0.25, 0.3) is 10.6 Å². The number of aromatic nitrogens is 2. The highest BCUT2D eigenvalue weighted by Crippen LogP contribution is 2.28. The smallest absolute Gasteiger partial charge is 0.270 e. The van der Waals surface area contributed by atoms with Crippen LogP contribution < -0.4 is 5.32 Å². The van der Waals surface area contributed by atoms with Crippen LogP contribution in [0.4, 0.5) is 10.8 Å². The Bertz CT molecular complexity index is 923. The lowest BCUT2D eigenvalue weighted by Crippen LogP contribution is -2.11. The van der Waals surface area contributed by atoms with Crippen molar-refractivity contribution in [3.05, 3.63) is 69.8 Å². The summed E-state index contributed by atoms with van der Waals surface area (Å²) in [5.74, 6) is -0.466. The maximum atomic E-state index is 12.2. The van der Waals surface area contributed by atoms with Gasteiger partial charge in [-0.25, -0.2) is 0 Å². The molecule has 1 amide bonds. The van der Waals surface area contributed by atoms with Gasteiger partial charge < -0.3 is 0 Å². The van der Waals surface area contributed by atoms with Gasteiger partial charge in [0.05, 0.1) is 4.92 Å². The van der Waals surface area contributed by atoms with E-state index in [4.69, 9.17) is 0 Å². The second-order valence-electron chi connectivity index (χ2n) is 4.99. The molecule has 1 heterocycles. The number of nitrogens with zero attached hydrogens (tertiary/aromatic N) is 3. The highest BCUT2D eigenvalue weighted by Gasteiger charge is 2.14. The van der Waals surface area contributed by atoms with E-state index in [1.807, 2.05) is 31.2 Å². The standard InChI is InChI=1S/C16H12N4O3S/c1-10-5-2-3-8-13(10)15-18-19-16(24-15)17-14(21)11-6-4-7-12(9-11)20(22)23/h2-9H,1H3,(H,17,19,21). The Morgan fingerprint density at radius 2 is 1.96 bits per heavy atom. The van der Waals surface area contributed by atoms with Crippen molar-refractivity contribution in [2.45, 2.75) is 6.92 Å². The van der Waals surface area contributed by atoms with Gasteiger partial charge in [-0.3, -0.25) is 20.2 Å². The molecule has 120 valence electrons. The lowest BCUT2D eigenvalue weighted by molar-refractivity contribution is -0.384. The average Bonchev–Trinajstić information content (AvgIpc) is 3.03. The van der Waals surface area contributed by atoms with E-state index < -0.39 is 10.8 Å². The molecule has 0 bridgehead atoms. The zero-order valence-corrected chi connectivity index (χ0v) is 13.4. The summed E-state index contributed by atoms with van der Waals surface area (Å²) in [6.45, 7) is 1.97. The van der Waals surface area contributed by atoms with Crippen molar-refractivity contribution in [2.24, 2.45) is 0 Å². The Kier molecular flexibility index (Phi) is 4.30. The van der Waals surface area contributed by atoms with Crippen molar-refractivity contribution in [2.75, 3.05) is 5.32 Å². The molecular formula is C16H12N4O3S. The van der Waals surface area contributed by atoms with Crippen molar-refractivity contribution in [3.8, 4) is 10.6 Å². The first kappa shape index (κ1) is 15.8. The van der Waals surface area contributed by atoms with Crippen LogP contribution in [0.15, 0.2) is 48.5 Å². The SMILES string of the molecule is Cc1ccccc1-c1nnc(NC(=O)c2cccc([N+](=O)[O-])c2)s1. The predicted molar refractivity (Wildman–Crippen MR) is 91.1 cm³/mol. The molecule has 0 unspecified atom stereocenters. The molecule has 0 aliphatic rings. The van der Waals surface area contributed by atoms with Crippen molar-refractivity contribution in [1.82, 2.24) is 10.2 Å². The number of anilines is 1. The normalized spacial score (nSPS) is 10.4. The molecule has 24 heavy (non-hydrogen) atoms. The number of hydrogen-bond donors (Lipinski definition) is 1. The second-order valence-corrected chi connectivity index (χ2v) is 5.97. The number of rotatable bonds is 4. The fourth-order valence-corrected chi connectivity index (χ4v) is 2.95. The zero-order valence-electron chi connectivity index (χ0n) is 12.6. The molecule has 7 nitrogen and oxygen atoms in total. The summed E-state index contributed by atoms with van der Waals surface area (Å²) in [4.78, 5) is 22.4. The molecule has 8 heteroatoms. The number of non-ortho nitro benzene ring substituents is 1. The average molecular weight is 340 g/mol. The molecule has 3 rings (SSSR count). The van der Waals surface area contributed by atoms with Crippen LogP contribution in [0.5, 0.6) is 0 Å². The Labute approximate surface area is 141 Å². The first-order chi connectivity index (χ1) is 11.5. The van der Waals surface area contributed by atoms with Crippen LogP contribution in [0, 0.1) is 17.0 Å². The van der Waals surface area contributed by atoms with E-state index in [9.17, 15) is 14.9 Å². The van der Waals surface area contributed by atoms with Crippen molar-refractivity contribution in [3.63, 3.8) is 0 Å². The summed E-state index contributed by atoms with van der Waals surface area (Å²) in [6.07, 6.45) is 0. The van der Waals surface area contributed by atoms with Gasteiger partial charge >= 0.3 is 0 Å². The molecule has 3 aromatic rings. The summed E-state index contributed by atoms with van der Waals surface area (Å²) in [6, 6.07) is 13.3. The van der Waals surface area contributed by atoms with E-state index in [-0.39, 0.29) is 11.3 Å². The van der Waals surface area contributed by atoms with Crippen LogP contribution >= 0.6 is 11.3 Å². The van der Waals surface area contributed by atoms with Crippen LogP contribution in [0.1, 0.15) is 15.9 Å². The number of nitro groups is 1. The molecule has 2 aromatic carbocycles. The molecule has 1 aromatic heterocycles. The molecule has 0 atom stereocenters. The van der Waals surface area contributed by atoms with E-state index >= 15 is 0 Å². The number of carbonyl (C=O) groups excluding carboxylic acids is 1. The van der Waals surface area contributed by atoms with E-state index in [2.05, 4.69) is 15.5 Å². The minimum atomic E-state index is -0.544. The number of nitro benzene ring substituents is 1. The highest BCUT2D eigenvalue weighted by molar-refractivity contribution is 7.18. The summed E-state index contributed by atoms with van der Waals surface area (Å²) in [5, 5.41) is 22.5. The molecule has 0 fully saturated rings. The van der Waals surface area contributed by atoms with Gasteiger partial charge in [-0.1, -0.05) is 41.7 Å². The summed E-state index contributed by atoms with van der Waals surface area (Å²) >= 11 is 1.25. The third-order valence-corrected chi connectivity index (χ3v) is 4.21. The maximum Gasteiger partial charge on any atom is 0.270 e. The minimum Gasteiger partial charge on any atom is -0.296 e. The van der Waals surface area contributed by atoms with Gasteiger partial charge in [-0.15, -0.1) is 10.2 Å². The van der Waals surface area contributed by atoms with E-state index in [1.165, 1.54) is 35.6 Å². The highest BCUT2D eigenvalue weighted by atomic mass is 32.1. The fraction of sp³-hybridized carbons (Fsp3) is 0.0625. The Hall–Kier alpha value is -3.13. The van der Waals surface area contributed by atoms with Gasteiger partial charge in [0.2, 0.25) is 5.13 Å². The topological polar surface area (TPSA) is 98.0 Å². The lowest BCUT2D eigenvalue weighted by Gasteiger charge is -2.01. The summed E-state index contributed by atoms with van der Waals surface area (Å²) in [5.41, 5.74) is 2.06. The quantitative estimate of drug-likeness (QED) is 0.577. The minimum absolute atomic E-state index is 0.138. The molecule has 0 radical (unpaired) electrons. The first-order valence-electron chi connectivity index (χ1n) is 7.00. The second kappa shape index (κ2) is 6.55. The van der Waals surface area contributed by atoms with Gasteiger partial charge in [-0.2, -0.15) is 0 Å². The van der Waals surface area contributed by atoms with Gasteiger partial charge in [0.25, 0.3) is 11.6 Å². The largest absolute Gasteiger partial charge is 0.296 e. The number of benzene rings is 2. The van der Waals surface area contributed by atoms with Gasteiger partial charge in [-0.05, 0) is 18.6 Å². The van der Waals surface area contributed by atoms with E-state index in [0.717, 1.165) is 11.1 Å². The van der Waals surface area contributed by atoms with Crippen molar-refractivity contribution in [1.29, 1.82) is 0 Å². The molecule has 0 saturated carbocycles. The van der Waals surface area contributed by atoms with Gasteiger partial charge in [0, 0.05) is 23.3 Å². The Morgan fingerprint density at radius 3 is 2.71 bits per heavy atom. The van der Waals surface area contributed by atoms with E-state index in [1.54, 1.807) is 0 Å². The van der Waals surface area contributed by atoms with Crippen molar-refractivity contribution >= 4 is 28.1 Å². The third kappa shape index (κ3) is 3.28. The molecule has 0 aliphatic heterocycles. The molecular weight excluding hydrogens is 328 g/mol. The van der Waals surface area contributed by atoms with Gasteiger partial charge in [0.1, 0.15) is 5.01 Å². The summed E-state index contributed by atoms with van der Waals surface area (Å²) < 4.78 is 0. The first-order valence-corrected chi connectivity index (χ1v) is 7.81. The van der Waals surface area contributed by atoms with E-state index in [0.29, 0.717) is 10.1 Å². The molecule has 0 aliphatic carbocycles. The Balaban J connectivity index is 1.80. The number of aryl methyl sites for hydroxylation is 1. The molecule has 0 spiro atoms. The monoisotopic (exact) mass is 340 g/mol. The molecule has 1 N–H and O–H groups in total. The van der Waals surface area contributed by atoms with Crippen molar-refractivity contribution < 1.29 is 9.72 Å². The summed E-state index contributed by atoms with van der Waals surface area (Å²) in [7, 11) is 0. The Morgan fingerprint density at radius 1 is 1.17 bits per heavy atom. The number of nitrogens with one attached hydrogen (secondary N) is 1. The van der Waals surface area contributed by atoms with Gasteiger partial charge in [0.15, 0.2) is 0 Å². The lowest BCUT2D eigenvalue weighted by atomic mass is 10.1. The predicted octanol–water partition coefficient (Wildman–Crippen LogP) is 3.67. The maximum absolute atomic E-state index is 12.2. The third-order valence-electron chi connectivity index (χ3n) is 3.34. The number of carbonyl (C=O) groups is 1. The fourth-order valence-electron chi connectivity index (χ4n) is 2.13.